The predicted molar refractivity (Wildman–Crippen MR) is 124 cm³/mol. The highest BCUT2D eigenvalue weighted by Gasteiger charge is 2.52. The molecule has 5 heterocycles. The van der Waals surface area contributed by atoms with Gasteiger partial charge in [-0.3, -0.25) is 4.79 Å². The van der Waals surface area contributed by atoms with Crippen LogP contribution in [0, 0.1) is 5.41 Å². The molecule has 1 atom stereocenters. The Morgan fingerprint density at radius 2 is 2.06 bits per heavy atom. The number of imidazole rings is 1. The highest BCUT2D eigenvalue weighted by atomic mass is 16.4. The summed E-state index contributed by atoms with van der Waals surface area (Å²) in [6.07, 6.45) is 12.5. The Morgan fingerprint density at radius 3 is 2.85 bits per heavy atom. The van der Waals surface area contributed by atoms with Crippen LogP contribution in [0.1, 0.15) is 50.8 Å². The Morgan fingerprint density at radius 1 is 1.21 bits per heavy atom. The van der Waals surface area contributed by atoms with Crippen LogP contribution in [0.25, 0.3) is 22.9 Å². The number of allylic oxidation sites excluding steroid dienone is 2. The molecule has 4 aliphatic rings. The molecular formula is C24H26N8O2. The summed E-state index contributed by atoms with van der Waals surface area (Å²) in [5, 5.41) is 11.7. The van der Waals surface area contributed by atoms with Crippen molar-refractivity contribution in [1.82, 2.24) is 35.0 Å². The summed E-state index contributed by atoms with van der Waals surface area (Å²) in [5.74, 6) is 3.10. The molecule has 2 aliphatic heterocycles. The first-order valence-corrected chi connectivity index (χ1v) is 12.2. The highest BCUT2D eigenvalue weighted by Crippen LogP contribution is 2.47. The van der Waals surface area contributed by atoms with Gasteiger partial charge >= 0.3 is 0 Å². The van der Waals surface area contributed by atoms with E-state index in [-0.39, 0.29) is 11.9 Å². The van der Waals surface area contributed by atoms with E-state index in [1.807, 2.05) is 4.57 Å². The van der Waals surface area contributed by atoms with Gasteiger partial charge in [-0.15, -0.1) is 10.2 Å². The first-order chi connectivity index (χ1) is 16.7. The monoisotopic (exact) mass is 458 g/mol. The van der Waals surface area contributed by atoms with Crippen LogP contribution in [0.5, 0.6) is 0 Å². The molecule has 7 rings (SSSR count). The van der Waals surface area contributed by atoms with E-state index in [1.54, 1.807) is 6.33 Å². The van der Waals surface area contributed by atoms with Gasteiger partial charge in [0.1, 0.15) is 6.33 Å². The number of anilines is 1. The van der Waals surface area contributed by atoms with Crippen molar-refractivity contribution < 1.29 is 9.21 Å². The molecule has 1 amide bonds. The lowest BCUT2D eigenvalue weighted by atomic mass is 9.71. The Labute approximate surface area is 196 Å². The maximum absolute atomic E-state index is 13.0. The molecule has 0 radical (unpaired) electrons. The summed E-state index contributed by atoms with van der Waals surface area (Å²) < 4.78 is 7.96. The molecule has 1 unspecified atom stereocenters. The van der Waals surface area contributed by atoms with E-state index in [0.717, 1.165) is 62.2 Å². The van der Waals surface area contributed by atoms with Crippen LogP contribution in [0.15, 0.2) is 34.5 Å². The minimum Gasteiger partial charge on any atom is -0.418 e. The third kappa shape index (κ3) is 2.80. The van der Waals surface area contributed by atoms with Gasteiger partial charge in [0.05, 0.1) is 11.5 Å². The number of rotatable bonds is 4. The van der Waals surface area contributed by atoms with Gasteiger partial charge < -0.3 is 19.2 Å². The smallest absolute Gasteiger partial charge is 0.284 e. The van der Waals surface area contributed by atoms with Gasteiger partial charge in [-0.25, -0.2) is 15.0 Å². The molecule has 174 valence electrons. The number of aromatic nitrogens is 6. The van der Waals surface area contributed by atoms with Gasteiger partial charge in [-0.2, -0.15) is 0 Å². The molecule has 0 bridgehead atoms. The van der Waals surface area contributed by atoms with Crippen molar-refractivity contribution in [2.75, 3.05) is 18.0 Å². The largest absolute Gasteiger partial charge is 0.418 e. The molecule has 1 N–H and O–H groups in total. The summed E-state index contributed by atoms with van der Waals surface area (Å²) in [7, 11) is 0. The summed E-state index contributed by atoms with van der Waals surface area (Å²) in [6, 6.07) is 0.146. The Bertz CT molecular complexity index is 1360. The molecule has 10 heteroatoms. The third-order valence-electron chi connectivity index (χ3n) is 7.76. The SMILES string of the molecule is CCn1c(-c2nnc(C3CC3)o2)nc2c(N3CCC4(CC3)C(=O)NC3CC=CC=C34)ncnc21. The molecule has 10 nitrogen and oxygen atoms in total. The number of carbonyl (C=O) groups excluding carboxylic acids is 1. The zero-order valence-electron chi connectivity index (χ0n) is 19.1. The first-order valence-electron chi connectivity index (χ1n) is 12.2. The fourth-order valence-electron chi connectivity index (χ4n) is 5.74. The topological polar surface area (TPSA) is 115 Å². The quantitative estimate of drug-likeness (QED) is 0.635. The molecule has 3 aromatic heterocycles. The molecule has 1 saturated carbocycles. The Kier molecular flexibility index (Phi) is 4.22. The first kappa shape index (κ1) is 19.9. The number of aryl methyl sites for hydroxylation is 1. The number of nitrogens with one attached hydrogen (secondary N) is 1. The zero-order chi connectivity index (χ0) is 22.9. The summed E-state index contributed by atoms with van der Waals surface area (Å²) in [4.78, 5) is 29.3. The van der Waals surface area contributed by atoms with Crippen LogP contribution in [-0.2, 0) is 11.3 Å². The van der Waals surface area contributed by atoms with E-state index in [9.17, 15) is 4.79 Å². The van der Waals surface area contributed by atoms with Crippen LogP contribution >= 0.6 is 0 Å². The van der Waals surface area contributed by atoms with Crippen LogP contribution in [0.4, 0.5) is 5.82 Å². The maximum Gasteiger partial charge on any atom is 0.284 e. The molecule has 2 saturated heterocycles. The van der Waals surface area contributed by atoms with Crippen molar-refractivity contribution in [3.8, 4) is 11.7 Å². The standard InChI is InChI=1S/C24H26N8O2/c1-2-32-19-17(28-20(32)22-30-29-21(34-22)14-7-8-14)18(25-13-26-19)31-11-9-24(10-12-31)15-5-3-4-6-16(15)27-23(24)33/h3-5,13-14,16H,2,6-12H2,1H3,(H,27,33). The average molecular weight is 459 g/mol. The second-order valence-corrected chi connectivity index (χ2v) is 9.65. The summed E-state index contributed by atoms with van der Waals surface area (Å²) in [5.41, 5.74) is 2.32. The number of carbonyl (C=O) groups is 1. The van der Waals surface area contributed by atoms with Crippen molar-refractivity contribution in [2.45, 2.75) is 57.5 Å². The molecule has 3 aromatic rings. The lowest BCUT2D eigenvalue weighted by Crippen LogP contribution is -2.45. The van der Waals surface area contributed by atoms with Gasteiger partial charge in [0.15, 0.2) is 17.0 Å². The Hall–Kier alpha value is -3.56. The van der Waals surface area contributed by atoms with Crippen molar-refractivity contribution in [3.05, 3.63) is 36.0 Å². The van der Waals surface area contributed by atoms with Crippen molar-refractivity contribution in [1.29, 1.82) is 0 Å². The maximum atomic E-state index is 13.0. The summed E-state index contributed by atoms with van der Waals surface area (Å²) >= 11 is 0. The number of hydrogen-bond acceptors (Lipinski definition) is 8. The number of piperidine rings is 1. The average Bonchev–Trinajstić information content (AvgIpc) is 3.38. The number of nitrogens with zero attached hydrogens (tertiary/aromatic N) is 7. The predicted octanol–water partition coefficient (Wildman–Crippen LogP) is 2.74. The van der Waals surface area contributed by atoms with Crippen LogP contribution < -0.4 is 10.2 Å². The van der Waals surface area contributed by atoms with Gasteiger partial charge in [0, 0.05) is 25.6 Å². The minimum absolute atomic E-state index is 0.146. The van der Waals surface area contributed by atoms with Crippen LogP contribution in [-0.4, -0.2) is 54.8 Å². The molecule has 1 spiro atoms. The molecule has 0 aromatic carbocycles. The molecule has 34 heavy (non-hydrogen) atoms. The zero-order valence-corrected chi connectivity index (χ0v) is 19.1. The van der Waals surface area contributed by atoms with Gasteiger partial charge in [0.2, 0.25) is 17.6 Å². The van der Waals surface area contributed by atoms with E-state index in [4.69, 9.17) is 9.40 Å². The van der Waals surface area contributed by atoms with E-state index in [2.05, 4.69) is 55.5 Å². The third-order valence-corrected chi connectivity index (χ3v) is 7.76. The molecule has 3 fully saturated rings. The lowest BCUT2D eigenvalue weighted by Gasteiger charge is -2.39. The van der Waals surface area contributed by atoms with Crippen LogP contribution in [0.3, 0.4) is 0 Å². The fourth-order valence-corrected chi connectivity index (χ4v) is 5.74. The number of hydrogen-bond donors (Lipinski definition) is 1. The van der Waals surface area contributed by atoms with Gasteiger partial charge in [-0.05, 0) is 44.6 Å². The van der Waals surface area contributed by atoms with E-state index in [1.165, 1.54) is 5.57 Å². The normalized spacial score (nSPS) is 23.4. The molecule has 2 aliphatic carbocycles. The molecular weight excluding hydrogens is 432 g/mol. The minimum atomic E-state index is -0.408. The van der Waals surface area contributed by atoms with Crippen LogP contribution in [0.2, 0.25) is 0 Å². The fraction of sp³-hybridized carbons (Fsp3) is 0.500. The van der Waals surface area contributed by atoms with Crippen molar-refractivity contribution in [2.24, 2.45) is 5.41 Å². The lowest BCUT2D eigenvalue weighted by molar-refractivity contribution is -0.127. The number of fused-ring (bicyclic) bond motifs is 3. The number of amides is 1. The van der Waals surface area contributed by atoms with Crippen molar-refractivity contribution >= 4 is 22.9 Å². The van der Waals surface area contributed by atoms with E-state index in [0.29, 0.717) is 30.1 Å². The van der Waals surface area contributed by atoms with Gasteiger partial charge in [0.25, 0.3) is 5.89 Å². The summed E-state index contributed by atoms with van der Waals surface area (Å²) in [6.45, 7) is 4.19. The second kappa shape index (κ2) is 7.22. The van der Waals surface area contributed by atoms with E-state index < -0.39 is 5.41 Å². The highest BCUT2D eigenvalue weighted by molar-refractivity contribution is 5.91. The Balaban J connectivity index is 1.22. The van der Waals surface area contributed by atoms with Gasteiger partial charge in [-0.1, -0.05) is 18.2 Å². The second-order valence-electron chi connectivity index (χ2n) is 9.65. The van der Waals surface area contributed by atoms with Crippen molar-refractivity contribution in [3.63, 3.8) is 0 Å². The van der Waals surface area contributed by atoms with E-state index >= 15 is 0 Å².